The summed E-state index contributed by atoms with van der Waals surface area (Å²) in [6.07, 6.45) is 3.33. The Balaban J connectivity index is 1.85. The molecule has 0 saturated heterocycles. The molecule has 5 heteroatoms. The van der Waals surface area contributed by atoms with Gasteiger partial charge in [-0.3, -0.25) is 4.79 Å². The van der Waals surface area contributed by atoms with Gasteiger partial charge in [0.2, 0.25) is 0 Å². The number of ether oxygens (including phenoxy) is 1. The van der Waals surface area contributed by atoms with Crippen LogP contribution in [0.25, 0.3) is 11.6 Å². The predicted molar refractivity (Wildman–Crippen MR) is 114 cm³/mol. The topological polar surface area (TPSA) is 66.8 Å². The van der Waals surface area contributed by atoms with Crippen molar-refractivity contribution in [2.75, 3.05) is 7.11 Å². The minimum Gasteiger partial charge on any atom is -0.465 e. The number of allylic oxidation sites excluding steroid dienone is 1. The highest BCUT2D eigenvalue weighted by Gasteiger charge is 2.37. The monoisotopic (exact) mass is 401 g/mol. The molecule has 0 spiro atoms. The third-order valence-corrected chi connectivity index (χ3v) is 5.58. The Hall–Kier alpha value is -3.44. The molecule has 5 nitrogen and oxygen atoms in total. The van der Waals surface area contributed by atoms with Crippen LogP contribution >= 0.6 is 0 Å². The summed E-state index contributed by atoms with van der Waals surface area (Å²) in [6, 6.07) is 17.3. The van der Waals surface area contributed by atoms with E-state index in [1.54, 1.807) is 17.9 Å². The molecule has 0 aromatic heterocycles. The molecule has 1 amide bonds. The lowest BCUT2D eigenvalue weighted by atomic mass is 9.93. The lowest BCUT2D eigenvalue weighted by molar-refractivity contribution is -0.136. The van der Waals surface area contributed by atoms with Gasteiger partial charge in [-0.15, -0.1) is 0 Å². The molecule has 4 rings (SSSR count). The highest BCUT2D eigenvalue weighted by Crippen LogP contribution is 2.33. The van der Waals surface area contributed by atoms with E-state index < -0.39 is 12.1 Å². The highest BCUT2D eigenvalue weighted by molar-refractivity contribution is 6.14. The number of amides is 1. The normalized spacial score (nSPS) is 19.8. The maximum absolute atomic E-state index is 13.3. The van der Waals surface area contributed by atoms with Crippen LogP contribution in [0.3, 0.4) is 0 Å². The van der Waals surface area contributed by atoms with Gasteiger partial charge in [0.25, 0.3) is 5.91 Å². The van der Waals surface area contributed by atoms with E-state index in [4.69, 9.17) is 4.74 Å². The summed E-state index contributed by atoms with van der Waals surface area (Å²) in [7, 11) is 1.30. The fourth-order valence-electron chi connectivity index (χ4n) is 4.00. The number of carbonyl (C=O) groups excluding carboxylic acids is 2. The molecule has 1 aliphatic carbocycles. The largest absolute Gasteiger partial charge is 0.465 e. The van der Waals surface area contributed by atoms with Crippen molar-refractivity contribution < 1.29 is 19.4 Å². The van der Waals surface area contributed by atoms with Crippen molar-refractivity contribution in [2.45, 2.75) is 26.0 Å². The van der Waals surface area contributed by atoms with Crippen LogP contribution in [0.4, 0.5) is 0 Å². The van der Waals surface area contributed by atoms with Gasteiger partial charge in [0.15, 0.2) is 0 Å². The summed E-state index contributed by atoms with van der Waals surface area (Å²) in [5, 5.41) is 12.5. The zero-order chi connectivity index (χ0) is 21.3. The predicted octanol–water partition coefficient (Wildman–Crippen LogP) is 1.80. The van der Waals surface area contributed by atoms with Crippen molar-refractivity contribution in [3.8, 4) is 0 Å². The number of esters is 1. The number of nitrogens with zero attached hydrogens (tertiary/aromatic N) is 1. The summed E-state index contributed by atoms with van der Waals surface area (Å²) in [6.45, 7) is 2.10. The van der Waals surface area contributed by atoms with Gasteiger partial charge < -0.3 is 14.7 Å². The zero-order valence-electron chi connectivity index (χ0n) is 17.0. The van der Waals surface area contributed by atoms with Crippen LogP contribution in [0, 0.1) is 0 Å². The van der Waals surface area contributed by atoms with Crippen molar-refractivity contribution in [3.05, 3.63) is 93.5 Å². The lowest BCUT2D eigenvalue weighted by Gasteiger charge is -2.18. The summed E-state index contributed by atoms with van der Waals surface area (Å²) in [5.74, 6) is -0.836. The van der Waals surface area contributed by atoms with Crippen molar-refractivity contribution >= 4 is 23.5 Å². The average Bonchev–Trinajstić information content (AvgIpc) is 3.00. The first-order chi connectivity index (χ1) is 14.5. The summed E-state index contributed by atoms with van der Waals surface area (Å²) >= 11 is 0. The van der Waals surface area contributed by atoms with Crippen LogP contribution < -0.4 is 10.4 Å². The fraction of sp³-hybridized carbons (Fsp3) is 0.200. The molecule has 0 unspecified atom stereocenters. The molecule has 0 bridgehead atoms. The number of aliphatic hydroxyl groups excluding tert-OH is 1. The highest BCUT2D eigenvalue weighted by atomic mass is 16.5. The van der Waals surface area contributed by atoms with E-state index in [2.05, 4.69) is 0 Å². The van der Waals surface area contributed by atoms with Gasteiger partial charge in [0, 0.05) is 5.70 Å². The number of hydrogen-bond acceptors (Lipinski definition) is 4. The second-order valence-corrected chi connectivity index (χ2v) is 7.39. The Morgan fingerprint density at radius 2 is 1.87 bits per heavy atom. The molecular formula is C25H23NO4. The van der Waals surface area contributed by atoms with Gasteiger partial charge in [0.1, 0.15) is 0 Å². The van der Waals surface area contributed by atoms with E-state index in [1.165, 1.54) is 7.11 Å². The molecule has 152 valence electrons. The van der Waals surface area contributed by atoms with E-state index in [0.717, 1.165) is 16.0 Å². The summed E-state index contributed by atoms with van der Waals surface area (Å²) in [4.78, 5) is 27.5. The molecule has 1 heterocycles. The van der Waals surface area contributed by atoms with Crippen molar-refractivity contribution in [3.63, 3.8) is 0 Å². The van der Waals surface area contributed by atoms with Crippen molar-refractivity contribution in [1.82, 2.24) is 4.90 Å². The molecule has 1 atom stereocenters. The Kier molecular flexibility index (Phi) is 5.38. The van der Waals surface area contributed by atoms with Crippen LogP contribution in [0.15, 0.2) is 77.5 Å². The number of methoxy groups -OCH3 is 1. The molecule has 0 fully saturated rings. The number of hydrogen-bond donors (Lipinski definition) is 1. The van der Waals surface area contributed by atoms with Crippen LogP contribution in [0.1, 0.15) is 18.9 Å². The standard InChI is InChI=1S/C25H23NO4/c1-16-23(25(29)30-2)21(24(28)26(16)15-17-8-4-3-5-9-17)14-20-19-11-7-6-10-18(19)12-13-22(20)27/h3-12,14,22,27H,13,15H2,1-2H3/b21-14-/t22-/m0/s1. The van der Waals surface area contributed by atoms with Gasteiger partial charge >= 0.3 is 5.97 Å². The van der Waals surface area contributed by atoms with Crippen LogP contribution in [-0.4, -0.2) is 35.1 Å². The number of carbonyl (C=O) groups is 2. The molecule has 0 radical (unpaired) electrons. The molecular weight excluding hydrogens is 378 g/mol. The van der Waals surface area contributed by atoms with Gasteiger partial charge in [0.05, 0.1) is 30.9 Å². The fourth-order valence-corrected chi connectivity index (χ4v) is 4.00. The first-order valence-electron chi connectivity index (χ1n) is 9.86. The SMILES string of the molecule is COC(=O)C1=C(C)N(Cc2ccccc2)C(=O)/C1=C\C1=c2ccccc2=CC[C@@H]1O. The minimum atomic E-state index is -0.748. The first-order valence-corrected chi connectivity index (χ1v) is 9.86. The molecule has 0 saturated carbocycles. The summed E-state index contributed by atoms with van der Waals surface area (Å²) < 4.78 is 4.97. The van der Waals surface area contributed by atoms with Crippen LogP contribution in [-0.2, 0) is 20.9 Å². The second-order valence-electron chi connectivity index (χ2n) is 7.39. The van der Waals surface area contributed by atoms with Gasteiger partial charge in [-0.2, -0.15) is 0 Å². The number of rotatable bonds is 4. The maximum Gasteiger partial charge on any atom is 0.340 e. The van der Waals surface area contributed by atoms with Crippen molar-refractivity contribution in [1.29, 1.82) is 0 Å². The Morgan fingerprint density at radius 3 is 2.60 bits per heavy atom. The van der Waals surface area contributed by atoms with Crippen LogP contribution in [0.2, 0.25) is 0 Å². The van der Waals surface area contributed by atoms with E-state index in [1.807, 2.05) is 60.7 Å². The quantitative estimate of drug-likeness (QED) is 0.627. The van der Waals surface area contributed by atoms with Crippen molar-refractivity contribution in [2.24, 2.45) is 0 Å². The van der Waals surface area contributed by atoms with Crippen LogP contribution in [0.5, 0.6) is 0 Å². The minimum absolute atomic E-state index is 0.241. The van der Waals surface area contributed by atoms with E-state index in [-0.39, 0.29) is 17.1 Å². The number of benzene rings is 2. The molecule has 1 aliphatic heterocycles. The maximum atomic E-state index is 13.3. The second kappa shape index (κ2) is 8.13. The van der Waals surface area contributed by atoms with E-state index in [0.29, 0.717) is 24.2 Å². The van der Waals surface area contributed by atoms with Gasteiger partial charge in [-0.25, -0.2) is 4.79 Å². The Labute approximate surface area is 174 Å². The average molecular weight is 401 g/mol. The zero-order valence-corrected chi connectivity index (χ0v) is 17.0. The number of fused-ring (bicyclic) bond motifs is 1. The Morgan fingerprint density at radius 1 is 1.17 bits per heavy atom. The molecule has 2 aliphatic rings. The third-order valence-electron chi connectivity index (χ3n) is 5.58. The van der Waals surface area contributed by atoms with Gasteiger partial charge in [-0.05, 0) is 41.0 Å². The smallest absolute Gasteiger partial charge is 0.340 e. The third kappa shape index (κ3) is 3.48. The molecule has 1 N–H and O–H groups in total. The van der Waals surface area contributed by atoms with E-state index in [9.17, 15) is 14.7 Å². The Bertz CT molecular complexity index is 1190. The summed E-state index contributed by atoms with van der Waals surface area (Å²) in [5.41, 5.74) is 2.63. The van der Waals surface area contributed by atoms with Gasteiger partial charge in [-0.1, -0.05) is 60.7 Å². The van der Waals surface area contributed by atoms with E-state index >= 15 is 0 Å². The number of aliphatic hydroxyl groups is 1. The first kappa shape index (κ1) is 19.9. The molecule has 30 heavy (non-hydrogen) atoms. The lowest BCUT2D eigenvalue weighted by Crippen LogP contribution is -2.34. The molecule has 2 aromatic rings. The molecule has 2 aromatic carbocycles.